The van der Waals surface area contributed by atoms with E-state index in [0.717, 1.165) is 16.7 Å². The molecule has 0 unspecified atom stereocenters. The second-order valence-corrected chi connectivity index (χ2v) is 9.33. The van der Waals surface area contributed by atoms with E-state index >= 15 is 0 Å². The normalized spacial score (nSPS) is 20.8. The van der Waals surface area contributed by atoms with E-state index in [1.807, 2.05) is 97.1 Å². The van der Waals surface area contributed by atoms with Gasteiger partial charge in [-0.25, -0.2) is 4.79 Å². The van der Waals surface area contributed by atoms with Crippen LogP contribution in [0.15, 0.2) is 121 Å². The molecule has 0 spiro atoms. The van der Waals surface area contributed by atoms with Gasteiger partial charge < -0.3 is 23.7 Å². The van der Waals surface area contributed by atoms with Crippen LogP contribution < -0.4 is 0 Å². The lowest BCUT2D eigenvalue weighted by Gasteiger charge is -2.41. The Labute approximate surface area is 229 Å². The molecule has 5 rings (SSSR count). The zero-order valence-corrected chi connectivity index (χ0v) is 21.6. The van der Waals surface area contributed by atoms with Crippen molar-refractivity contribution < 1.29 is 28.5 Å². The standard InChI is InChI=1S/C33H32O6/c34-32(28-19-11-4-12-20-28)39-33-31(37-23-27-17-9-3-10-18-27)30(36-22-26-15-7-2-8-16-26)29(24-38-33)35-21-25-13-5-1-6-14-25/h1-20,29-31,33H,21-24H2/t29-,30+,31+,33+/m0/s1. The lowest BCUT2D eigenvalue weighted by atomic mass is 10.0. The molecule has 1 saturated heterocycles. The van der Waals surface area contributed by atoms with Gasteiger partial charge in [-0.1, -0.05) is 109 Å². The van der Waals surface area contributed by atoms with E-state index in [-0.39, 0.29) is 6.61 Å². The van der Waals surface area contributed by atoms with Crippen LogP contribution in [0.2, 0.25) is 0 Å². The minimum atomic E-state index is -0.973. The molecule has 1 aliphatic heterocycles. The largest absolute Gasteiger partial charge is 0.429 e. The summed E-state index contributed by atoms with van der Waals surface area (Å²) in [6.07, 6.45) is -2.70. The summed E-state index contributed by atoms with van der Waals surface area (Å²) in [5.41, 5.74) is 3.48. The molecule has 4 atom stereocenters. The molecule has 4 aromatic carbocycles. The highest BCUT2D eigenvalue weighted by Crippen LogP contribution is 2.28. The maximum absolute atomic E-state index is 13.0. The number of esters is 1. The molecule has 0 bridgehead atoms. The molecule has 39 heavy (non-hydrogen) atoms. The van der Waals surface area contributed by atoms with Crippen molar-refractivity contribution in [3.05, 3.63) is 144 Å². The van der Waals surface area contributed by atoms with E-state index in [9.17, 15) is 4.79 Å². The molecule has 0 N–H and O–H groups in total. The van der Waals surface area contributed by atoms with Crippen molar-refractivity contribution in [2.75, 3.05) is 6.61 Å². The number of ether oxygens (including phenoxy) is 5. The maximum Gasteiger partial charge on any atom is 0.340 e. The smallest absolute Gasteiger partial charge is 0.340 e. The number of carbonyl (C=O) groups excluding carboxylic acids is 1. The Kier molecular flexibility index (Phi) is 9.50. The van der Waals surface area contributed by atoms with Crippen LogP contribution in [0.25, 0.3) is 0 Å². The van der Waals surface area contributed by atoms with Crippen molar-refractivity contribution in [2.24, 2.45) is 0 Å². The third-order valence-electron chi connectivity index (χ3n) is 6.49. The Morgan fingerprint density at radius 2 is 1.03 bits per heavy atom. The Morgan fingerprint density at radius 1 is 0.590 bits per heavy atom. The highest BCUT2D eigenvalue weighted by atomic mass is 16.7. The fraction of sp³-hybridized carbons (Fsp3) is 0.242. The first-order chi connectivity index (χ1) is 19.3. The summed E-state index contributed by atoms with van der Waals surface area (Å²) < 4.78 is 31.1. The van der Waals surface area contributed by atoms with Gasteiger partial charge in [0.15, 0.2) is 0 Å². The fourth-order valence-electron chi connectivity index (χ4n) is 4.42. The average molecular weight is 525 g/mol. The van der Waals surface area contributed by atoms with Crippen LogP contribution in [-0.2, 0) is 43.5 Å². The summed E-state index contributed by atoms with van der Waals surface area (Å²) in [6, 6.07) is 38.6. The maximum atomic E-state index is 13.0. The average Bonchev–Trinajstić information content (AvgIpc) is 3.00. The van der Waals surface area contributed by atoms with Gasteiger partial charge in [-0.2, -0.15) is 0 Å². The quantitative estimate of drug-likeness (QED) is 0.226. The van der Waals surface area contributed by atoms with Crippen molar-refractivity contribution in [3.8, 4) is 0 Å². The fourth-order valence-corrected chi connectivity index (χ4v) is 4.42. The van der Waals surface area contributed by atoms with Gasteiger partial charge in [0, 0.05) is 0 Å². The number of hydrogen-bond donors (Lipinski definition) is 0. The monoisotopic (exact) mass is 524 g/mol. The van der Waals surface area contributed by atoms with Gasteiger partial charge in [0.25, 0.3) is 0 Å². The zero-order valence-electron chi connectivity index (χ0n) is 21.6. The van der Waals surface area contributed by atoms with Crippen molar-refractivity contribution in [1.29, 1.82) is 0 Å². The van der Waals surface area contributed by atoms with Gasteiger partial charge in [-0.15, -0.1) is 0 Å². The molecule has 1 fully saturated rings. The molecule has 1 heterocycles. The number of rotatable bonds is 11. The van der Waals surface area contributed by atoms with Crippen LogP contribution >= 0.6 is 0 Å². The second-order valence-electron chi connectivity index (χ2n) is 9.33. The molecule has 6 nitrogen and oxygen atoms in total. The minimum absolute atomic E-state index is 0.185. The van der Waals surface area contributed by atoms with Gasteiger partial charge in [-0.05, 0) is 28.8 Å². The molecule has 0 amide bonds. The number of hydrogen-bond acceptors (Lipinski definition) is 6. The van der Waals surface area contributed by atoms with Gasteiger partial charge in [0.1, 0.15) is 18.3 Å². The summed E-state index contributed by atoms with van der Waals surface area (Å²) in [6.45, 7) is 1.22. The Morgan fingerprint density at radius 3 is 1.54 bits per heavy atom. The first-order valence-corrected chi connectivity index (χ1v) is 13.1. The van der Waals surface area contributed by atoms with Crippen LogP contribution in [0.5, 0.6) is 0 Å². The van der Waals surface area contributed by atoms with Gasteiger partial charge in [-0.3, -0.25) is 0 Å². The third-order valence-corrected chi connectivity index (χ3v) is 6.49. The molecular formula is C33H32O6. The summed E-state index contributed by atoms with van der Waals surface area (Å²) in [7, 11) is 0. The van der Waals surface area contributed by atoms with Crippen LogP contribution in [0, 0.1) is 0 Å². The number of carbonyl (C=O) groups is 1. The highest BCUT2D eigenvalue weighted by Gasteiger charge is 2.45. The molecule has 0 radical (unpaired) electrons. The van der Waals surface area contributed by atoms with Crippen molar-refractivity contribution in [3.63, 3.8) is 0 Å². The van der Waals surface area contributed by atoms with E-state index in [2.05, 4.69) is 0 Å². The Bertz CT molecular complexity index is 1270. The lowest BCUT2D eigenvalue weighted by molar-refractivity contribution is -0.285. The van der Waals surface area contributed by atoms with Crippen molar-refractivity contribution >= 4 is 5.97 Å². The molecule has 6 heteroatoms. The molecule has 1 aliphatic rings. The van der Waals surface area contributed by atoms with Crippen LogP contribution in [0.4, 0.5) is 0 Å². The highest BCUT2D eigenvalue weighted by molar-refractivity contribution is 5.89. The molecule has 0 aromatic heterocycles. The predicted octanol–water partition coefficient (Wildman–Crippen LogP) is 5.96. The zero-order chi connectivity index (χ0) is 26.7. The van der Waals surface area contributed by atoms with E-state index in [1.165, 1.54) is 0 Å². The summed E-state index contributed by atoms with van der Waals surface area (Å²) >= 11 is 0. The van der Waals surface area contributed by atoms with Crippen molar-refractivity contribution in [2.45, 2.75) is 44.4 Å². The first-order valence-electron chi connectivity index (χ1n) is 13.1. The molecular weight excluding hydrogens is 492 g/mol. The molecule has 200 valence electrons. The van der Waals surface area contributed by atoms with Gasteiger partial charge in [0.2, 0.25) is 6.29 Å². The van der Waals surface area contributed by atoms with Crippen LogP contribution in [-0.4, -0.2) is 37.2 Å². The summed E-state index contributed by atoms with van der Waals surface area (Å²) in [5, 5.41) is 0. The molecule has 0 saturated carbocycles. The van der Waals surface area contributed by atoms with E-state index in [1.54, 1.807) is 24.3 Å². The van der Waals surface area contributed by atoms with E-state index in [4.69, 9.17) is 23.7 Å². The van der Waals surface area contributed by atoms with Crippen molar-refractivity contribution in [1.82, 2.24) is 0 Å². The second kappa shape index (κ2) is 13.8. The summed E-state index contributed by atoms with van der Waals surface area (Å²) in [4.78, 5) is 13.0. The lowest BCUT2D eigenvalue weighted by Crippen LogP contribution is -2.57. The Balaban J connectivity index is 1.38. The van der Waals surface area contributed by atoms with Gasteiger partial charge >= 0.3 is 5.97 Å². The summed E-state index contributed by atoms with van der Waals surface area (Å²) in [5.74, 6) is -0.487. The van der Waals surface area contributed by atoms with E-state index in [0.29, 0.717) is 25.4 Å². The Hall–Kier alpha value is -3.81. The molecule has 4 aromatic rings. The first kappa shape index (κ1) is 26.8. The van der Waals surface area contributed by atoms with Crippen LogP contribution in [0.1, 0.15) is 27.0 Å². The minimum Gasteiger partial charge on any atom is -0.429 e. The molecule has 0 aliphatic carbocycles. The predicted molar refractivity (Wildman–Crippen MR) is 147 cm³/mol. The number of benzene rings is 4. The van der Waals surface area contributed by atoms with E-state index < -0.39 is 30.6 Å². The van der Waals surface area contributed by atoms with Crippen LogP contribution in [0.3, 0.4) is 0 Å². The topological polar surface area (TPSA) is 63.2 Å². The van der Waals surface area contributed by atoms with Gasteiger partial charge in [0.05, 0.1) is 32.0 Å². The SMILES string of the molecule is O=C(O[C@H]1OC[C@H](OCc2ccccc2)[C@@H](OCc2ccccc2)[C@H]1OCc1ccccc1)c1ccccc1. The third kappa shape index (κ3) is 7.62.